The van der Waals surface area contributed by atoms with Crippen LogP contribution in [0.2, 0.25) is 0 Å². The molecule has 2 amide bonds. The summed E-state index contributed by atoms with van der Waals surface area (Å²) in [4.78, 5) is 43.3. The number of piperazine rings is 2. The SMILES string of the molecule is CC.CC(C)(C)C.CN(CCC(=O)NC=O)c1ccc(N2CCN(CC=O)CC2)cc1.CN1CCN(c2ccc(N)cc2)CC1. The first-order valence-electron chi connectivity index (χ1n) is 16.1. The van der Waals surface area contributed by atoms with E-state index in [4.69, 9.17) is 5.73 Å². The third-order valence-corrected chi connectivity index (χ3v) is 7.02. The first-order valence-corrected chi connectivity index (χ1v) is 16.1. The predicted molar refractivity (Wildman–Crippen MR) is 190 cm³/mol. The van der Waals surface area contributed by atoms with Crippen molar-refractivity contribution in [3.05, 3.63) is 48.5 Å². The summed E-state index contributed by atoms with van der Waals surface area (Å²) in [5.74, 6) is -0.276. The Morgan fingerprint density at radius 2 is 1.27 bits per heavy atom. The number of nitrogens with one attached hydrogen (secondary N) is 1. The quantitative estimate of drug-likeness (QED) is 0.313. The number of hydrogen-bond acceptors (Lipinski definition) is 9. The number of aldehydes is 1. The standard InChI is InChI=1S/C17H24N4O3.C11H17N3.C5H12.C2H6/c1-19(7-6-17(24)18-14-23)15-2-4-16(5-3-15)21-10-8-20(9-11-21)12-13-22;1-13-6-8-14(9-7-13)11-4-2-10(12)3-5-11;1-5(2,3)4;1-2/h2-5,13-14H,6-12H2,1H3,(H,18,23,24);2-5H,6-9,12H2,1H3;1-4H3;1-2H3. The van der Waals surface area contributed by atoms with Gasteiger partial charge in [0, 0.05) is 95.1 Å². The third kappa shape index (κ3) is 16.9. The van der Waals surface area contributed by atoms with Gasteiger partial charge >= 0.3 is 0 Å². The molecule has 0 atom stereocenters. The smallest absolute Gasteiger partial charge is 0.228 e. The molecular formula is C35H59N7O3. The van der Waals surface area contributed by atoms with Gasteiger partial charge in [0.05, 0.1) is 6.54 Å². The maximum atomic E-state index is 11.3. The topological polar surface area (TPSA) is 105 Å². The fourth-order valence-electron chi connectivity index (χ4n) is 4.50. The Balaban J connectivity index is 0.000000404. The van der Waals surface area contributed by atoms with Gasteiger partial charge < -0.3 is 30.1 Å². The fourth-order valence-corrected chi connectivity index (χ4v) is 4.50. The van der Waals surface area contributed by atoms with Crippen LogP contribution in [0.3, 0.4) is 0 Å². The minimum Gasteiger partial charge on any atom is -0.399 e. The van der Waals surface area contributed by atoms with Crippen LogP contribution in [0.4, 0.5) is 22.7 Å². The van der Waals surface area contributed by atoms with E-state index >= 15 is 0 Å². The molecule has 2 aliphatic rings. The molecule has 10 heteroatoms. The average Bonchev–Trinajstić information content (AvgIpc) is 3.02. The van der Waals surface area contributed by atoms with Crippen molar-refractivity contribution < 1.29 is 14.4 Å². The number of nitrogens with two attached hydrogens (primary N) is 1. The first kappa shape index (κ1) is 39.4. The molecule has 2 fully saturated rings. The zero-order valence-corrected chi connectivity index (χ0v) is 29.1. The molecule has 0 spiro atoms. The average molecular weight is 626 g/mol. The van der Waals surface area contributed by atoms with E-state index in [1.54, 1.807) is 0 Å². The number of carbonyl (C=O) groups excluding carboxylic acids is 3. The van der Waals surface area contributed by atoms with Gasteiger partial charge in [-0.05, 0) is 61.0 Å². The van der Waals surface area contributed by atoms with Crippen LogP contribution in [0.25, 0.3) is 0 Å². The van der Waals surface area contributed by atoms with Gasteiger partial charge in [0.15, 0.2) is 0 Å². The number of carbonyl (C=O) groups is 3. The van der Waals surface area contributed by atoms with Gasteiger partial charge in [-0.3, -0.25) is 19.8 Å². The van der Waals surface area contributed by atoms with Crippen molar-refractivity contribution >= 4 is 41.4 Å². The number of likely N-dealkylation sites (N-methyl/N-ethyl adjacent to an activating group) is 1. The lowest BCUT2D eigenvalue weighted by molar-refractivity contribution is -0.125. The van der Waals surface area contributed by atoms with Crippen LogP contribution in [-0.4, -0.2) is 108 Å². The second kappa shape index (κ2) is 21.2. The number of imide groups is 1. The molecule has 4 rings (SSSR count). The normalized spacial score (nSPS) is 15.2. The lowest BCUT2D eigenvalue weighted by atomic mass is 10.0. The van der Waals surface area contributed by atoms with Gasteiger partial charge in [-0.15, -0.1) is 0 Å². The molecule has 0 saturated carbocycles. The highest BCUT2D eigenvalue weighted by molar-refractivity contribution is 5.86. The summed E-state index contributed by atoms with van der Waals surface area (Å²) in [7, 11) is 4.09. The molecule has 0 aromatic heterocycles. The van der Waals surface area contributed by atoms with E-state index in [1.165, 1.54) is 5.69 Å². The van der Waals surface area contributed by atoms with Crippen molar-refractivity contribution in [3.8, 4) is 0 Å². The van der Waals surface area contributed by atoms with Crippen molar-refractivity contribution in [1.82, 2.24) is 15.1 Å². The molecule has 45 heavy (non-hydrogen) atoms. The zero-order chi connectivity index (χ0) is 33.8. The number of hydrogen-bond donors (Lipinski definition) is 2. The van der Waals surface area contributed by atoms with E-state index in [0.29, 0.717) is 24.9 Å². The van der Waals surface area contributed by atoms with E-state index in [0.717, 1.165) is 75.7 Å². The minimum absolute atomic E-state index is 0.273. The van der Waals surface area contributed by atoms with E-state index in [-0.39, 0.29) is 12.3 Å². The molecule has 252 valence electrons. The van der Waals surface area contributed by atoms with Crippen LogP contribution in [0.1, 0.15) is 48.0 Å². The van der Waals surface area contributed by atoms with Crippen molar-refractivity contribution in [2.45, 2.75) is 48.0 Å². The van der Waals surface area contributed by atoms with E-state index in [1.807, 2.05) is 50.1 Å². The predicted octanol–water partition coefficient (Wildman–Crippen LogP) is 4.21. The summed E-state index contributed by atoms with van der Waals surface area (Å²) in [5.41, 5.74) is 10.5. The molecule has 2 aliphatic heterocycles. The highest BCUT2D eigenvalue weighted by Crippen LogP contribution is 2.21. The van der Waals surface area contributed by atoms with E-state index < -0.39 is 0 Å². The van der Waals surface area contributed by atoms with Crippen LogP contribution in [0.15, 0.2) is 48.5 Å². The molecule has 0 unspecified atom stereocenters. The maximum absolute atomic E-state index is 11.3. The summed E-state index contributed by atoms with van der Waals surface area (Å²) in [6.07, 6.45) is 1.64. The first-order chi connectivity index (χ1) is 21.4. The number of nitrogens with zero attached hydrogens (tertiary/aromatic N) is 5. The van der Waals surface area contributed by atoms with Crippen LogP contribution in [-0.2, 0) is 14.4 Å². The van der Waals surface area contributed by atoms with Crippen LogP contribution in [0.5, 0.6) is 0 Å². The Labute approximate surface area is 272 Å². The summed E-state index contributed by atoms with van der Waals surface area (Å²) in [5, 5.41) is 2.14. The second-order valence-corrected chi connectivity index (χ2v) is 12.7. The molecule has 0 bridgehead atoms. The molecule has 2 saturated heterocycles. The number of anilines is 4. The summed E-state index contributed by atoms with van der Waals surface area (Å²) in [6, 6.07) is 16.3. The van der Waals surface area contributed by atoms with Gasteiger partial charge in [-0.25, -0.2) is 0 Å². The second-order valence-electron chi connectivity index (χ2n) is 12.7. The summed E-state index contributed by atoms with van der Waals surface area (Å²) < 4.78 is 0. The van der Waals surface area contributed by atoms with Crippen LogP contribution in [0, 0.1) is 5.41 Å². The Hall–Kier alpha value is -3.63. The molecule has 2 aromatic rings. The summed E-state index contributed by atoms with van der Waals surface area (Å²) >= 11 is 0. The molecule has 3 N–H and O–H groups in total. The molecule has 2 aromatic carbocycles. The van der Waals surface area contributed by atoms with Gasteiger partial charge in [-0.2, -0.15) is 0 Å². The van der Waals surface area contributed by atoms with Gasteiger partial charge in [0.25, 0.3) is 0 Å². The summed E-state index contributed by atoms with van der Waals surface area (Å²) in [6.45, 7) is 21.9. The highest BCUT2D eigenvalue weighted by Gasteiger charge is 2.17. The van der Waals surface area contributed by atoms with E-state index in [9.17, 15) is 14.4 Å². The molecule has 2 heterocycles. The Morgan fingerprint density at radius 3 is 1.71 bits per heavy atom. The zero-order valence-electron chi connectivity index (χ0n) is 29.1. The molecule has 0 radical (unpaired) electrons. The van der Waals surface area contributed by atoms with Gasteiger partial charge in [0.1, 0.15) is 6.29 Å². The minimum atomic E-state index is -0.276. The number of rotatable bonds is 9. The largest absolute Gasteiger partial charge is 0.399 e. The van der Waals surface area contributed by atoms with Crippen LogP contribution < -0.4 is 25.8 Å². The monoisotopic (exact) mass is 625 g/mol. The van der Waals surface area contributed by atoms with Gasteiger partial charge in [0.2, 0.25) is 12.3 Å². The lowest BCUT2D eigenvalue weighted by Crippen LogP contribution is -2.46. The number of nitrogen functional groups attached to an aromatic ring is 1. The Bertz CT molecular complexity index is 1080. The number of amides is 2. The van der Waals surface area contributed by atoms with E-state index in [2.05, 4.69) is 83.9 Å². The third-order valence-electron chi connectivity index (χ3n) is 7.02. The van der Waals surface area contributed by atoms with Crippen molar-refractivity contribution in [2.24, 2.45) is 5.41 Å². The molecule has 0 aliphatic carbocycles. The van der Waals surface area contributed by atoms with Crippen molar-refractivity contribution in [2.75, 3.05) is 100.0 Å². The maximum Gasteiger partial charge on any atom is 0.228 e. The van der Waals surface area contributed by atoms with Crippen molar-refractivity contribution in [1.29, 1.82) is 0 Å². The highest BCUT2D eigenvalue weighted by atomic mass is 16.2. The van der Waals surface area contributed by atoms with Crippen molar-refractivity contribution in [3.63, 3.8) is 0 Å². The molecular weight excluding hydrogens is 566 g/mol. The Kier molecular flexibility index (Phi) is 18.5. The lowest BCUT2D eigenvalue weighted by Gasteiger charge is -2.35. The van der Waals surface area contributed by atoms with Crippen LogP contribution >= 0.6 is 0 Å². The fraction of sp³-hybridized carbons (Fsp3) is 0.571. The van der Waals surface area contributed by atoms with Gasteiger partial charge in [-0.1, -0.05) is 41.5 Å². The Morgan fingerprint density at radius 1 is 0.822 bits per heavy atom. The molecule has 10 nitrogen and oxygen atoms in total. The number of benzene rings is 2.